The Bertz CT molecular complexity index is 1150. The van der Waals surface area contributed by atoms with Crippen molar-refractivity contribution >= 4 is 34.8 Å². The van der Waals surface area contributed by atoms with E-state index in [9.17, 15) is 9.59 Å². The number of hydroxylamine groups is 1. The summed E-state index contributed by atoms with van der Waals surface area (Å²) < 4.78 is 5.38. The first kappa shape index (κ1) is 19.6. The minimum Gasteiger partial charge on any atom is -0.497 e. The molecule has 0 saturated carbocycles. The molecule has 7 heteroatoms. The van der Waals surface area contributed by atoms with E-state index in [1.54, 1.807) is 36.4 Å². The number of methoxy groups -OCH3 is 1. The van der Waals surface area contributed by atoms with Crippen LogP contribution < -0.4 is 14.7 Å². The van der Waals surface area contributed by atoms with Crippen LogP contribution in [0.15, 0.2) is 78.9 Å². The molecule has 0 bridgehead atoms. The molecule has 0 spiro atoms. The Kier molecular flexibility index (Phi) is 4.88. The average Bonchev–Trinajstić information content (AvgIpc) is 3.30. The summed E-state index contributed by atoms with van der Waals surface area (Å²) in [6.07, 6.45) is -0.928. The number of rotatable bonds is 4. The van der Waals surface area contributed by atoms with Crippen LogP contribution in [-0.2, 0) is 14.4 Å². The maximum absolute atomic E-state index is 13.5. The first-order valence-electron chi connectivity index (χ1n) is 9.87. The second-order valence-electron chi connectivity index (χ2n) is 7.43. The summed E-state index contributed by atoms with van der Waals surface area (Å²) in [7, 11) is 1.59. The van der Waals surface area contributed by atoms with Crippen molar-refractivity contribution in [2.24, 2.45) is 5.92 Å². The largest absolute Gasteiger partial charge is 0.497 e. The number of carbonyl (C=O) groups excluding carboxylic acids is 2. The minimum absolute atomic E-state index is 0.316. The van der Waals surface area contributed by atoms with Crippen molar-refractivity contribution in [3.8, 4) is 5.75 Å². The van der Waals surface area contributed by atoms with Gasteiger partial charge in [-0.3, -0.25) is 14.4 Å². The summed E-state index contributed by atoms with van der Waals surface area (Å²) in [6.45, 7) is 0. The number of hydrogen-bond acceptors (Lipinski definition) is 5. The Labute approximate surface area is 184 Å². The normalized spacial score (nSPS) is 22.7. The topological polar surface area (TPSA) is 59.1 Å². The summed E-state index contributed by atoms with van der Waals surface area (Å²) in [6, 6.07) is 23.1. The molecule has 0 radical (unpaired) electrons. The molecule has 0 unspecified atom stereocenters. The quantitative estimate of drug-likeness (QED) is 0.570. The van der Waals surface area contributed by atoms with E-state index in [0.717, 1.165) is 11.3 Å². The molecule has 2 aliphatic rings. The number of amides is 2. The molecular weight excluding hydrogens is 416 g/mol. The number of carbonyl (C=O) groups is 2. The lowest BCUT2D eigenvalue weighted by Gasteiger charge is -2.29. The standard InChI is InChI=1S/C24H19ClN2O4/c1-30-19-12-5-7-15(13-19)21-20-22(31-27(21)17-9-3-2-4-10-17)24(29)26(23(20)28)18-11-6-8-16(25)14-18/h2-14,20-22H,1H3/t20-,21+,22+/m1/s1. The molecule has 0 aromatic heterocycles. The van der Waals surface area contributed by atoms with Gasteiger partial charge in [0.15, 0.2) is 6.10 Å². The Hall–Kier alpha value is -3.35. The lowest BCUT2D eigenvalue weighted by atomic mass is 9.90. The second-order valence-corrected chi connectivity index (χ2v) is 7.86. The van der Waals surface area contributed by atoms with Crippen molar-refractivity contribution < 1.29 is 19.2 Å². The summed E-state index contributed by atoms with van der Waals surface area (Å²) in [4.78, 5) is 34.1. The van der Waals surface area contributed by atoms with Crippen molar-refractivity contribution in [3.05, 3.63) is 89.4 Å². The van der Waals surface area contributed by atoms with Gasteiger partial charge in [0.2, 0.25) is 5.91 Å². The monoisotopic (exact) mass is 434 g/mol. The molecule has 2 fully saturated rings. The van der Waals surface area contributed by atoms with E-state index >= 15 is 0 Å². The third-order valence-electron chi connectivity index (χ3n) is 5.63. The summed E-state index contributed by atoms with van der Waals surface area (Å²) in [5, 5.41) is 2.11. The number of hydrogen-bond donors (Lipinski definition) is 0. The zero-order valence-corrected chi connectivity index (χ0v) is 17.4. The molecule has 2 aliphatic heterocycles. The zero-order chi connectivity index (χ0) is 21.5. The summed E-state index contributed by atoms with van der Waals surface area (Å²) in [5.41, 5.74) is 2.03. The van der Waals surface area contributed by atoms with Gasteiger partial charge in [-0.25, -0.2) is 9.96 Å². The third kappa shape index (κ3) is 3.24. The Morgan fingerprint density at radius 1 is 0.871 bits per heavy atom. The highest BCUT2D eigenvalue weighted by atomic mass is 35.5. The highest BCUT2D eigenvalue weighted by molar-refractivity contribution is 6.31. The van der Waals surface area contributed by atoms with E-state index in [0.29, 0.717) is 16.5 Å². The Morgan fingerprint density at radius 2 is 1.61 bits per heavy atom. The average molecular weight is 435 g/mol. The van der Waals surface area contributed by atoms with Gasteiger partial charge < -0.3 is 4.74 Å². The van der Waals surface area contributed by atoms with Gasteiger partial charge in [0.25, 0.3) is 5.91 Å². The Balaban J connectivity index is 1.60. The van der Waals surface area contributed by atoms with Crippen molar-refractivity contribution in [1.82, 2.24) is 0 Å². The van der Waals surface area contributed by atoms with Gasteiger partial charge in [0.1, 0.15) is 11.7 Å². The molecule has 5 rings (SSSR count). The van der Waals surface area contributed by atoms with Gasteiger partial charge in [0, 0.05) is 5.02 Å². The number of imide groups is 1. The number of fused-ring (bicyclic) bond motifs is 1. The van der Waals surface area contributed by atoms with E-state index in [1.807, 2.05) is 54.6 Å². The number of para-hydroxylation sites is 1. The molecule has 0 aliphatic carbocycles. The van der Waals surface area contributed by atoms with Crippen molar-refractivity contribution in [2.45, 2.75) is 12.1 Å². The van der Waals surface area contributed by atoms with Gasteiger partial charge in [-0.1, -0.05) is 48.0 Å². The van der Waals surface area contributed by atoms with Crippen LogP contribution in [0.25, 0.3) is 0 Å². The van der Waals surface area contributed by atoms with E-state index in [1.165, 1.54) is 4.90 Å². The van der Waals surface area contributed by atoms with Crippen LogP contribution in [0.4, 0.5) is 11.4 Å². The molecule has 0 N–H and O–H groups in total. The fourth-order valence-corrected chi connectivity index (χ4v) is 4.43. The minimum atomic E-state index is -0.928. The van der Waals surface area contributed by atoms with Crippen LogP contribution >= 0.6 is 11.6 Å². The van der Waals surface area contributed by atoms with Crippen molar-refractivity contribution in [2.75, 3.05) is 17.1 Å². The predicted octanol–water partition coefficient (Wildman–Crippen LogP) is 4.40. The zero-order valence-electron chi connectivity index (χ0n) is 16.6. The number of anilines is 2. The Morgan fingerprint density at radius 3 is 2.35 bits per heavy atom. The van der Waals surface area contributed by atoms with Crippen LogP contribution in [0.1, 0.15) is 11.6 Å². The van der Waals surface area contributed by atoms with Gasteiger partial charge in [-0.05, 0) is 48.0 Å². The molecule has 2 saturated heterocycles. The summed E-state index contributed by atoms with van der Waals surface area (Å²) >= 11 is 6.10. The molecule has 3 aromatic rings. The number of ether oxygens (including phenoxy) is 1. The first-order valence-corrected chi connectivity index (χ1v) is 10.2. The molecule has 3 aromatic carbocycles. The SMILES string of the molecule is COc1cccc([C@H]2[C@H]3C(=O)N(c4cccc(Cl)c4)C(=O)[C@H]3ON2c2ccccc2)c1. The molecule has 2 heterocycles. The molecular formula is C24H19ClN2O4. The molecule has 2 amide bonds. The van der Waals surface area contributed by atoms with Crippen LogP contribution in [0, 0.1) is 5.92 Å². The van der Waals surface area contributed by atoms with Crippen molar-refractivity contribution in [1.29, 1.82) is 0 Å². The van der Waals surface area contributed by atoms with Crippen LogP contribution in [0.5, 0.6) is 5.75 Å². The van der Waals surface area contributed by atoms with Crippen LogP contribution in [0.3, 0.4) is 0 Å². The van der Waals surface area contributed by atoms with Gasteiger partial charge in [-0.2, -0.15) is 0 Å². The van der Waals surface area contributed by atoms with Crippen molar-refractivity contribution in [3.63, 3.8) is 0 Å². The third-order valence-corrected chi connectivity index (χ3v) is 5.86. The van der Waals surface area contributed by atoms with Gasteiger partial charge >= 0.3 is 0 Å². The highest BCUT2D eigenvalue weighted by Crippen LogP contribution is 2.48. The molecule has 31 heavy (non-hydrogen) atoms. The van der Waals surface area contributed by atoms with E-state index < -0.39 is 24.0 Å². The van der Waals surface area contributed by atoms with Crippen LogP contribution in [-0.4, -0.2) is 25.0 Å². The van der Waals surface area contributed by atoms with E-state index in [4.69, 9.17) is 21.2 Å². The summed E-state index contributed by atoms with van der Waals surface area (Å²) in [5.74, 6) is -0.761. The molecule has 6 nitrogen and oxygen atoms in total. The maximum atomic E-state index is 13.5. The molecule has 3 atom stereocenters. The van der Waals surface area contributed by atoms with E-state index in [2.05, 4.69) is 0 Å². The highest BCUT2D eigenvalue weighted by Gasteiger charge is 2.60. The lowest BCUT2D eigenvalue weighted by molar-refractivity contribution is -0.126. The van der Waals surface area contributed by atoms with Crippen LogP contribution in [0.2, 0.25) is 5.02 Å². The smallest absolute Gasteiger partial charge is 0.266 e. The first-order chi connectivity index (χ1) is 15.1. The van der Waals surface area contributed by atoms with Gasteiger partial charge in [-0.15, -0.1) is 0 Å². The predicted molar refractivity (Wildman–Crippen MR) is 117 cm³/mol. The fourth-order valence-electron chi connectivity index (χ4n) is 4.25. The number of benzene rings is 3. The lowest BCUT2D eigenvalue weighted by Crippen LogP contribution is -2.37. The molecule has 156 valence electrons. The maximum Gasteiger partial charge on any atom is 0.266 e. The fraction of sp³-hybridized carbons (Fsp3) is 0.167. The number of nitrogens with zero attached hydrogens (tertiary/aromatic N) is 2. The van der Waals surface area contributed by atoms with E-state index in [-0.39, 0.29) is 5.91 Å². The second kappa shape index (κ2) is 7.72. The number of halogens is 1. The van der Waals surface area contributed by atoms with Gasteiger partial charge in [0.05, 0.1) is 24.5 Å².